The Morgan fingerprint density at radius 2 is 1.57 bits per heavy atom. The van der Waals surface area contributed by atoms with Gasteiger partial charge in [-0.15, -0.1) is 0 Å². The summed E-state index contributed by atoms with van der Waals surface area (Å²) >= 11 is 0. The second-order valence-electron chi connectivity index (χ2n) is 7.24. The number of carbonyl (C=O) groups is 2. The van der Waals surface area contributed by atoms with E-state index in [0.717, 1.165) is 5.56 Å². The number of hydrogen-bond acceptors (Lipinski definition) is 4. The molecule has 0 saturated carbocycles. The molecule has 0 atom stereocenters. The lowest BCUT2D eigenvalue weighted by atomic mass is 10.1. The first-order chi connectivity index (χ1) is 14.1. The SMILES string of the molecule is CCN(CC)S(=O)(=O)c1ccc(C(=O)Nc2cc(NC(=O)C(C)C)ccc2C)cc1. The average molecular weight is 432 g/mol. The molecule has 2 rings (SSSR count). The quantitative estimate of drug-likeness (QED) is 0.663. The molecule has 0 radical (unpaired) electrons. The summed E-state index contributed by atoms with van der Waals surface area (Å²) in [6.45, 7) is 9.77. The van der Waals surface area contributed by atoms with E-state index >= 15 is 0 Å². The number of sulfonamides is 1. The number of carbonyl (C=O) groups excluding carboxylic acids is 2. The van der Waals surface area contributed by atoms with Crippen LogP contribution in [-0.2, 0) is 14.8 Å². The number of rotatable bonds is 8. The summed E-state index contributed by atoms with van der Waals surface area (Å²) in [7, 11) is -3.57. The summed E-state index contributed by atoms with van der Waals surface area (Å²) in [6, 6.07) is 11.1. The van der Waals surface area contributed by atoms with Crippen LogP contribution in [0.2, 0.25) is 0 Å². The maximum Gasteiger partial charge on any atom is 0.255 e. The van der Waals surface area contributed by atoms with Crippen molar-refractivity contribution in [3.8, 4) is 0 Å². The number of nitrogens with zero attached hydrogens (tertiary/aromatic N) is 1. The van der Waals surface area contributed by atoms with Crippen LogP contribution in [-0.4, -0.2) is 37.6 Å². The molecule has 2 N–H and O–H groups in total. The van der Waals surface area contributed by atoms with Gasteiger partial charge in [0.05, 0.1) is 4.90 Å². The molecule has 30 heavy (non-hydrogen) atoms. The van der Waals surface area contributed by atoms with Gasteiger partial charge in [-0.25, -0.2) is 8.42 Å². The molecule has 0 saturated heterocycles. The van der Waals surface area contributed by atoms with Crippen LogP contribution in [0, 0.1) is 12.8 Å². The van der Waals surface area contributed by atoms with Crippen LogP contribution in [0.5, 0.6) is 0 Å². The molecular weight excluding hydrogens is 402 g/mol. The Bertz CT molecular complexity index is 1010. The van der Waals surface area contributed by atoms with Gasteiger partial charge in [0.2, 0.25) is 15.9 Å². The minimum absolute atomic E-state index is 0.110. The first kappa shape index (κ1) is 23.6. The molecule has 0 bridgehead atoms. The summed E-state index contributed by atoms with van der Waals surface area (Å²) in [5, 5.41) is 5.63. The zero-order chi connectivity index (χ0) is 22.5. The van der Waals surface area contributed by atoms with Gasteiger partial charge in [-0.1, -0.05) is 33.8 Å². The number of amides is 2. The van der Waals surface area contributed by atoms with Crippen molar-refractivity contribution in [3.05, 3.63) is 53.6 Å². The second-order valence-corrected chi connectivity index (χ2v) is 9.18. The van der Waals surface area contributed by atoms with Gasteiger partial charge in [0.1, 0.15) is 0 Å². The Kier molecular flexibility index (Phi) is 7.75. The summed E-state index contributed by atoms with van der Waals surface area (Å²) in [5.41, 5.74) is 2.34. The van der Waals surface area contributed by atoms with Gasteiger partial charge in [-0.3, -0.25) is 9.59 Å². The van der Waals surface area contributed by atoms with Crippen molar-refractivity contribution >= 4 is 33.2 Å². The zero-order valence-corrected chi connectivity index (χ0v) is 18.8. The lowest BCUT2D eigenvalue weighted by Crippen LogP contribution is -2.30. The predicted octanol–water partition coefficient (Wildman–Crippen LogP) is 3.87. The minimum atomic E-state index is -3.57. The molecule has 8 heteroatoms. The van der Waals surface area contributed by atoms with Crippen molar-refractivity contribution in [2.75, 3.05) is 23.7 Å². The molecule has 0 heterocycles. The number of aryl methyl sites for hydroxylation is 1. The van der Waals surface area contributed by atoms with E-state index in [1.165, 1.54) is 28.6 Å². The molecule has 0 unspecified atom stereocenters. The molecule has 0 aliphatic heterocycles. The van der Waals surface area contributed by atoms with Crippen LogP contribution < -0.4 is 10.6 Å². The van der Waals surface area contributed by atoms with E-state index in [1.54, 1.807) is 39.8 Å². The van der Waals surface area contributed by atoms with Crippen molar-refractivity contribution in [3.63, 3.8) is 0 Å². The van der Waals surface area contributed by atoms with Crippen molar-refractivity contribution < 1.29 is 18.0 Å². The van der Waals surface area contributed by atoms with E-state index in [4.69, 9.17) is 0 Å². The van der Waals surface area contributed by atoms with Crippen LogP contribution in [0.3, 0.4) is 0 Å². The predicted molar refractivity (Wildman–Crippen MR) is 119 cm³/mol. The monoisotopic (exact) mass is 431 g/mol. The number of benzene rings is 2. The van der Waals surface area contributed by atoms with E-state index in [9.17, 15) is 18.0 Å². The van der Waals surface area contributed by atoms with E-state index in [1.807, 2.05) is 13.0 Å². The molecule has 0 aliphatic rings. The van der Waals surface area contributed by atoms with Crippen LogP contribution in [0.1, 0.15) is 43.6 Å². The average Bonchev–Trinajstić information content (AvgIpc) is 2.71. The molecule has 0 aromatic heterocycles. The highest BCUT2D eigenvalue weighted by Crippen LogP contribution is 2.22. The van der Waals surface area contributed by atoms with Gasteiger partial charge in [-0.05, 0) is 48.9 Å². The Morgan fingerprint density at radius 1 is 0.967 bits per heavy atom. The third-order valence-electron chi connectivity index (χ3n) is 4.74. The lowest BCUT2D eigenvalue weighted by Gasteiger charge is -2.18. The van der Waals surface area contributed by atoms with Crippen molar-refractivity contribution in [1.82, 2.24) is 4.31 Å². The fourth-order valence-electron chi connectivity index (χ4n) is 2.81. The van der Waals surface area contributed by atoms with Crippen LogP contribution >= 0.6 is 0 Å². The van der Waals surface area contributed by atoms with Crippen LogP contribution in [0.4, 0.5) is 11.4 Å². The summed E-state index contributed by atoms with van der Waals surface area (Å²) < 4.78 is 26.5. The Balaban J connectivity index is 2.19. The molecular formula is C22H29N3O4S. The molecule has 2 amide bonds. The van der Waals surface area contributed by atoms with Crippen molar-refractivity contribution in [2.45, 2.75) is 39.5 Å². The Hall–Kier alpha value is -2.71. The first-order valence-corrected chi connectivity index (χ1v) is 11.4. The minimum Gasteiger partial charge on any atom is -0.326 e. The van der Waals surface area contributed by atoms with Gasteiger partial charge in [0, 0.05) is 35.9 Å². The van der Waals surface area contributed by atoms with E-state index in [-0.39, 0.29) is 22.6 Å². The Labute approximate surface area is 178 Å². The van der Waals surface area contributed by atoms with Crippen molar-refractivity contribution in [2.24, 2.45) is 5.92 Å². The Morgan fingerprint density at radius 3 is 2.10 bits per heavy atom. The van der Waals surface area contributed by atoms with Gasteiger partial charge in [0.25, 0.3) is 5.91 Å². The van der Waals surface area contributed by atoms with Gasteiger partial charge in [0.15, 0.2) is 0 Å². The number of anilines is 2. The summed E-state index contributed by atoms with van der Waals surface area (Å²) in [5.74, 6) is -0.631. The van der Waals surface area contributed by atoms with E-state index < -0.39 is 10.0 Å². The standard InChI is InChI=1S/C22H29N3O4S/c1-6-25(7-2)30(28,29)19-12-9-17(10-13-19)22(27)24-20-14-18(11-8-16(20)5)23-21(26)15(3)4/h8-15H,6-7H2,1-5H3,(H,23,26)(H,24,27). The zero-order valence-electron chi connectivity index (χ0n) is 18.0. The normalized spacial score (nSPS) is 11.6. The second kappa shape index (κ2) is 9.86. The lowest BCUT2D eigenvalue weighted by molar-refractivity contribution is -0.118. The molecule has 0 fully saturated rings. The molecule has 0 spiro atoms. The number of hydrogen-bond donors (Lipinski definition) is 2. The summed E-state index contributed by atoms with van der Waals surface area (Å²) in [6.07, 6.45) is 0. The first-order valence-electron chi connectivity index (χ1n) is 9.93. The summed E-state index contributed by atoms with van der Waals surface area (Å²) in [4.78, 5) is 24.7. The van der Waals surface area contributed by atoms with Gasteiger partial charge >= 0.3 is 0 Å². The highest BCUT2D eigenvalue weighted by Gasteiger charge is 2.21. The maximum absolute atomic E-state index is 12.7. The molecule has 7 nitrogen and oxygen atoms in total. The van der Waals surface area contributed by atoms with Crippen LogP contribution in [0.25, 0.3) is 0 Å². The molecule has 2 aromatic rings. The van der Waals surface area contributed by atoms with Crippen LogP contribution in [0.15, 0.2) is 47.4 Å². The third-order valence-corrected chi connectivity index (χ3v) is 6.80. The topological polar surface area (TPSA) is 95.6 Å². The third kappa shape index (κ3) is 5.46. The molecule has 0 aliphatic carbocycles. The number of nitrogens with one attached hydrogen (secondary N) is 2. The molecule has 162 valence electrons. The van der Waals surface area contributed by atoms with Crippen molar-refractivity contribution in [1.29, 1.82) is 0 Å². The smallest absolute Gasteiger partial charge is 0.255 e. The maximum atomic E-state index is 12.7. The largest absolute Gasteiger partial charge is 0.326 e. The molecule has 2 aromatic carbocycles. The fourth-order valence-corrected chi connectivity index (χ4v) is 4.26. The van der Waals surface area contributed by atoms with E-state index in [2.05, 4.69) is 10.6 Å². The fraction of sp³-hybridized carbons (Fsp3) is 0.364. The highest BCUT2D eigenvalue weighted by atomic mass is 32.2. The van der Waals surface area contributed by atoms with E-state index in [0.29, 0.717) is 30.0 Å². The van der Waals surface area contributed by atoms with Gasteiger partial charge in [-0.2, -0.15) is 4.31 Å². The van der Waals surface area contributed by atoms with Gasteiger partial charge < -0.3 is 10.6 Å². The highest BCUT2D eigenvalue weighted by molar-refractivity contribution is 7.89.